The van der Waals surface area contributed by atoms with Crippen LogP contribution in [0.2, 0.25) is 0 Å². The molecule has 0 spiro atoms. The lowest BCUT2D eigenvalue weighted by Gasteiger charge is -2.11. The summed E-state index contributed by atoms with van der Waals surface area (Å²) in [5.41, 5.74) is 3.99. The molecule has 1 heterocycles. The Hall–Kier alpha value is -5.10. The molecular weight excluding hydrogens is 504 g/mol. The lowest BCUT2D eigenvalue weighted by molar-refractivity contribution is 0.0731. The summed E-state index contributed by atoms with van der Waals surface area (Å²) in [6.45, 7) is 4.36. The fourth-order valence-electron chi connectivity index (χ4n) is 4.34. The number of carbonyl (C=O) groups is 2. The van der Waals surface area contributed by atoms with Crippen LogP contribution in [0.25, 0.3) is 28.4 Å². The van der Waals surface area contributed by atoms with Crippen LogP contribution in [-0.4, -0.2) is 25.5 Å². The Labute approximate surface area is 232 Å². The summed E-state index contributed by atoms with van der Waals surface area (Å²) in [4.78, 5) is 26.2. The van der Waals surface area contributed by atoms with Crippen molar-refractivity contribution < 1.29 is 28.2 Å². The molecule has 0 aliphatic carbocycles. The van der Waals surface area contributed by atoms with Gasteiger partial charge in [0.05, 0.1) is 13.7 Å². The standard InChI is InChI=1S/C34H28O6/c1-4-38-26-16-19-29-27(21-26)32(33(39-29)25-8-6-5-7-9-25)34(36)40-30-18-13-23(20-31(30)37-3)12-17-28(35)24-14-10-22(2)11-15-24/h5-21H,4H2,1-3H3/b17-12+. The zero-order chi connectivity index (χ0) is 28.1. The SMILES string of the molecule is CCOc1ccc2oc(-c3ccccc3)c(C(=O)Oc3ccc(/C=C/C(=O)c4ccc(C)cc4)cc3OC)c2c1. The molecule has 0 N–H and O–H groups in total. The van der Waals surface area contributed by atoms with Gasteiger partial charge in [-0.15, -0.1) is 0 Å². The zero-order valence-electron chi connectivity index (χ0n) is 22.5. The average molecular weight is 533 g/mol. The summed E-state index contributed by atoms with van der Waals surface area (Å²) >= 11 is 0. The number of benzene rings is 4. The molecule has 0 aliphatic rings. The molecule has 0 amide bonds. The molecule has 6 heteroatoms. The third-order valence-corrected chi connectivity index (χ3v) is 6.36. The van der Waals surface area contributed by atoms with Gasteiger partial charge in [-0.05, 0) is 55.8 Å². The number of rotatable bonds is 9. The van der Waals surface area contributed by atoms with Crippen molar-refractivity contribution in [2.75, 3.05) is 13.7 Å². The lowest BCUT2D eigenvalue weighted by atomic mass is 10.1. The van der Waals surface area contributed by atoms with E-state index < -0.39 is 5.97 Å². The van der Waals surface area contributed by atoms with Gasteiger partial charge < -0.3 is 18.6 Å². The first-order chi connectivity index (χ1) is 19.5. The largest absolute Gasteiger partial charge is 0.494 e. The average Bonchev–Trinajstić information content (AvgIpc) is 3.36. The van der Waals surface area contributed by atoms with Gasteiger partial charge in [-0.1, -0.05) is 72.3 Å². The summed E-state index contributed by atoms with van der Waals surface area (Å²) < 4.78 is 23.2. The number of esters is 1. The fraction of sp³-hybridized carbons (Fsp3) is 0.118. The molecule has 6 nitrogen and oxygen atoms in total. The summed E-state index contributed by atoms with van der Waals surface area (Å²) in [6.07, 6.45) is 3.20. The van der Waals surface area contributed by atoms with Gasteiger partial charge in [0.15, 0.2) is 17.3 Å². The fourth-order valence-corrected chi connectivity index (χ4v) is 4.34. The van der Waals surface area contributed by atoms with Crippen molar-refractivity contribution in [1.29, 1.82) is 0 Å². The maximum absolute atomic E-state index is 13.7. The minimum Gasteiger partial charge on any atom is -0.494 e. The summed E-state index contributed by atoms with van der Waals surface area (Å²) in [7, 11) is 1.49. The number of ketones is 1. The molecule has 40 heavy (non-hydrogen) atoms. The van der Waals surface area contributed by atoms with Crippen LogP contribution in [0.4, 0.5) is 0 Å². The van der Waals surface area contributed by atoms with E-state index in [0.29, 0.717) is 40.4 Å². The van der Waals surface area contributed by atoms with E-state index in [1.807, 2.05) is 56.3 Å². The topological polar surface area (TPSA) is 75.0 Å². The predicted octanol–water partition coefficient (Wildman–Crippen LogP) is 7.93. The minimum atomic E-state index is -0.595. The maximum Gasteiger partial charge on any atom is 0.348 e. The van der Waals surface area contributed by atoms with Crippen LogP contribution in [0.15, 0.2) is 101 Å². The van der Waals surface area contributed by atoms with E-state index >= 15 is 0 Å². The highest BCUT2D eigenvalue weighted by atomic mass is 16.6. The Kier molecular flexibility index (Phi) is 7.78. The smallest absolute Gasteiger partial charge is 0.348 e. The molecule has 0 saturated carbocycles. The second-order valence-electron chi connectivity index (χ2n) is 9.13. The van der Waals surface area contributed by atoms with Crippen LogP contribution in [0.1, 0.15) is 38.8 Å². The highest BCUT2D eigenvalue weighted by Gasteiger charge is 2.25. The quantitative estimate of drug-likeness (QED) is 0.0830. The van der Waals surface area contributed by atoms with Gasteiger partial charge in [0.2, 0.25) is 0 Å². The molecule has 0 atom stereocenters. The van der Waals surface area contributed by atoms with Crippen molar-refractivity contribution in [3.05, 3.63) is 119 Å². The summed E-state index contributed by atoms with van der Waals surface area (Å²) in [6, 6.07) is 27.3. The molecule has 0 unspecified atom stereocenters. The third-order valence-electron chi connectivity index (χ3n) is 6.36. The van der Waals surface area contributed by atoms with Gasteiger partial charge in [-0.2, -0.15) is 0 Å². The van der Waals surface area contributed by atoms with Gasteiger partial charge in [-0.3, -0.25) is 4.79 Å². The Bertz CT molecular complexity index is 1690. The number of furan rings is 1. The van der Waals surface area contributed by atoms with Crippen molar-refractivity contribution in [2.24, 2.45) is 0 Å². The van der Waals surface area contributed by atoms with Crippen LogP contribution in [0, 0.1) is 6.92 Å². The Morgan fingerprint density at radius 2 is 1.65 bits per heavy atom. The molecule has 0 fully saturated rings. The Morgan fingerprint density at radius 3 is 2.38 bits per heavy atom. The third kappa shape index (κ3) is 5.66. The summed E-state index contributed by atoms with van der Waals surface area (Å²) in [5.74, 6) is 0.913. The van der Waals surface area contributed by atoms with E-state index in [1.54, 1.807) is 54.6 Å². The van der Waals surface area contributed by atoms with Gasteiger partial charge in [0.1, 0.15) is 22.7 Å². The molecule has 5 rings (SSSR count). The van der Waals surface area contributed by atoms with Gasteiger partial charge in [-0.25, -0.2) is 4.79 Å². The Morgan fingerprint density at radius 1 is 0.875 bits per heavy atom. The van der Waals surface area contributed by atoms with Gasteiger partial charge in [0, 0.05) is 16.5 Å². The van der Waals surface area contributed by atoms with E-state index in [4.69, 9.17) is 18.6 Å². The van der Waals surface area contributed by atoms with Crippen molar-refractivity contribution >= 4 is 28.8 Å². The number of hydrogen-bond donors (Lipinski definition) is 0. The molecule has 0 aliphatic heterocycles. The zero-order valence-corrected chi connectivity index (χ0v) is 22.5. The number of methoxy groups -OCH3 is 1. The second-order valence-corrected chi connectivity index (χ2v) is 9.13. The maximum atomic E-state index is 13.7. The number of fused-ring (bicyclic) bond motifs is 1. The van der Waals surface area contributed by atoms with Crippen LogP contribution in [0.3, 0.4) is 0 Å². The van der Waals surface area contributed by atoms with Gasteiger partial charge >= 0.3 is 5.97 Å². The van der Waals surface area contributed by atoms with E-state index in [-0.39, 0.29) is 17.1 Å². The monoisotopic (exact) mass is 532 g/mol. The van der Waals surface area contributed by atoms with Crippen molar-refractivity contribution in [1.82, 2.24) is 0 Å². The second kappa shape index (κ2) is 11.7. The molecule has 5 aromatic rings. The highest BCUT2D eigenvalue weighted by molar-refractivity contribution is 6.10. The van der Waals surface area contributed by atoms with E-state index in [9.17, 15) is 9.59 Å². The number of hydrogen-bond acceptors (Lipinski definition) is 6. The first kappa shape index (κ1) is 26.5. The summed E-state index contributed by atoms with van der Waals surface area (Å²) in [5, 5.41) is 0.586. The van der Waals surface area contributed by atoms with E-state index in [1.165, 1.54) is 13.2 Å². The first-order valence-corrected chi connectivity index (χ1v) is 12.9. The lowest BCUT2D eigenvalue weighted by Crippen LogP contribution is -2.10. The van der Waals surface area contributed by atoms with Crippen LogP contribution < -0.4 is 14.2 Å². The normalized spacial score (nSPS) is 11.1. The van der Waals surface area contributed by atoms with Crippen LogP contribution in [-0.2, 0) is 0 Å². The molecule has 1 aromatic heterocycles. The predicted molar refractivity (Wildman–Crippen MR) is 155 cm³/mol. The number of ether oxygens (including phenoxy) is 3. The molecular formula is C34H28O6. The molecule has 0 bridgehead atoms. The van der Waals surface area contributed by atoms with E-state index in [2.05, 4.69) is 0 Å². The van der Waals surface area contributed by atoms with Crippen LogP contribution >= 0.6 is 0 Å². The Balaban J connectivity index is 1.45. The van der Waals surface area contributed by atoms with E-state index in [0.717, 1.165) is 16.7 Å². The molecule has 200 valence electrons. The highest BCUT2D eigenvalue weighted by Crippen LogP contribution is 2.37. The molecule has 0 radical (unpaired) electrons. The van der Waals surface area contributed by atoms with Crippen LogP contribution in [0.5, 0.6) is 17.2 Å². The van der Waals surface area contributed by atoms with Crippen molar-refractivity contribution in [3.8, 4) is 28.6 Å². The minimum absolute atomic E-state index is 0.110. The molecule has 4 aromatic carbocycles. The first-order valence-electron chi connectivity index (χ1n) is 12.9. The van der Waals surface area contributed by atoms with Crippen molar-refractivity contribution in [2.45, 2.75) is 13.8 Å². The number of allylic oxidation sites excluding steroid dienone is 1. The number of carbonyl (C=O) groups excluding carboxylic acids is 2. The van der Waals surface area contributed by atoms with Gasteiger partial charge in [0.25, 0.3) is 0 Å². The number of aryl methyl sites for hydroxylation is 1. The van der Waals surface area contributed by atoms with Crippen molar-refractivity contribution in [3.63, 3.8) is 0 Å². The molecule has 0 saturated heterocycles.